The Kier molecular flexibility index (Phi) is 7.91. The lowest BCUT2D eigenvalue weighted by molar-refractivity contribution is -0.124. The molecule has 2 atom stereocenters. The van der Waals surface area contributed by atoms with Crippen LogP contribution in [0.3, 0.4) is 0 Å². The van der Waals surface area contributed by atoms with Gasteiger partial charge in [-0.05, 0) is 79.7 Å². The van der Waals surface area contributed by atoms with Gasteiger partial charge in [-0.25, -0.2) is 4.21 Å². The van der Waals surface area contributed by atoms with E-state index in [2.05, 4.69) is 39.2 Å². The SMILES string of the molecule is CS(=O)Nc1cccc(C2(C(=O)NC(CN3CCCC3)c3cccc(OCc4ccccc4)c3)CC2)c1. The fourth-order valence-corrected chi connectivity index (χ4v) is 5.59. The van der Waals surface area contributed by atoms with Crippen molar-refractivity contribution in [3.8, 4) is 5.75 Å². The first kappa shape index (κ1) is 25.5. The summed E-state index contributed by atoms with van der Waals surface area (Å²) in [7, 11) is -1.16. The van der Waals surface area contributed by atoms with Gasteiger partial charge in [0.05, 0.1) is 11.5 Å². The molecule has 5 rings (SSSR count). The third-order valence-corrected chi connectivity index (χ3v) is 7.84. The molecule has 2 fully saturated rings. The van der Waals surface area contributed by atoms with E-state index >= 15 is 0 Å². The number of benzene rings is 3. The summed E-state index contributed by atoms with van der Waals surface area (Å²) in [6.07, 6.45) is 5.63. The van der Waals surface area contributed by atoms with Gasteiger partial charge in [0.15, 0.2) is 0 Å². The van der Waals surface area contributed by atoms with Crippen LogP contribution in [0.1, 0.15) is 48.4 Å². The highest BCUT2D eigenvalue weighted by Gasteiger charge is 2.51. The molecule has 1 amide bonds. The molecule has 3 aromatic rings. The van der Waals surface area contributed by atoms with Crippen LogP contribution in [0.25, 0.3) is 0 Å². The van der Waals surface area contributed by atoms with Crippen molar-refractivity contribution in [2.24, 2.45) is 0 Å². The summed E-state index contributed by atoms with van der Waals surface area (Å²) >= 11 is 0. The van der Waals surface area contributed by atoms with Gasteiger partial charge >= 0.3 is 0 Å². The molecular formula is C30H35N3O3S. The van der Waals surface area contributed by atoms with Crippen molar-refractivity contribution in [2.75, 3.05) is 30.6 Å². The van der Waals surface area contributed by atoms with E-state index < -0.39 is 16.4 Å². The van der Waals surface area contributed by atoms with Crippen LogP contribution >= 0.6 is 0 Å². The summed E-state index contributed by atoms with van der Waals surface area (Å²) in [5, 5.41) is 3.41. The lowest BCUT2D eigenvalue weighted by atomic mass is 9.93. The summed E-state index contributed by atoms with van der Waals surface area (Å²) in [5.41, 5.74) is 3.39. The van der Waals surface area contributed by atoms with Crippen molar-refractivity contribution in [2.45, 2.75) is 43.7 Å². The van der Waals surface area contributed by atoms with E-state index in [1.807, 2.05) is 54.6 Å². The lowest BCUT2D eigenvalue weighted by Crippen LogP contribution is -2.41. The zero-order valence-electron chi connectivity index (χ0n) is 21.3. The zero-order chi connectivity index (χ0) is 25.7. The Hall–Kier alpha value is -3.16. The number of nitrogens with zero attached hydrogens (tertiary/aromatic N) is 1. The maximum Gasteiger partial charge on any atom is 0.231 e. The van der Waals surface area contributed by atoms with Gasteiger partial charge in [0, 0.05) is 18.5 Å². The molecule has 2 aliphatic rings. The van der Waals surface area contributed by atoms with Gasteiger partial charge in [-0.3, -0.25) is 4.79 Å². The van der Waals surface area contributed by atoms with E-state index in [0.29, 0.717) is 6.61 Å². The predicted molar refractivity (Wildman–Crippen MR) is 149 cm³/mol. The van der Waals surface area contributed by atoms with Crippen LogP contribution in [0.4, 0.5) is 5.69 Å². The van der Waals surface area contributed by atoms with Crippen LogP contribution in [0.15, 0.2) is 78.9 Å². The van der Waals surface area contributed by atoms with Gasteiger partial charge in [-0.1, -0.05) is 54.6 Å². The Morgan fingerprint density at radius 3 is 2.49 bits per heavy atom. The maximum atomic E-state index is 13.8. The Morgan fingerprint density at radius 2 is 1.76 bits per heavy atom. The van der Waals surface area contributed by atoms with Crippen LogP contribution in [-0.4, -0.2) is 40.9 Å². The number of hydrogen-bond donors (Lipinski definition) is 2. The molecule has 0 spiro atoms. The first-order valence-corrected chi connectivity index (χ1v) is 14.6. The third-order valence-electron chi connectivity index (χ3n) is 7.31. The highest BCUT2D eigenvalue weighted by atomic mass is 32.2. The van der Waals surface area contributed by atoms with Gasteiger partial charge in [0.25, 0.3) is 0 Å². The molecule has 0 radical (unpaired) electrons. The van der Waals surface area contributed by atoms with E-state index in [1.54, 1.807) is 6.26 Å². The van der Waals surface area contributed by atoms with Gasteiger partial charge < -0.3 is 19.7 Å². The number of ether oxygens (including phenoxy) is 1. The van der Waals surface area contributed by atoms with E-state index in [4.69, 9.17) is 4.74 Å². The fourth-order valence-electron chi connectivity index (χ4n) is 5.13. The van der Waals surface area contributed by atoms with Crippen molar-refractivity contribution in [3.63, 3.8) is 0 Å². The average molecular weight is 518 g/mol. The average Bonchev–Trinajstić information content (AvgIpc) is 3.57. The van der Waals surface area contributed by atoms with E-state index in [1.165, 1.54) is 12.8 Å². The quantitative estimate of drug-likeness (QED) is 0.377. The maximum absolute atomic E-state index is 13.8. The number of hydrogen-bond acceptors (Lipinski definition) is 4. The number of nitrogens with one attached hydrogen (secondary N) is 2. The van der Waals surface area contributed by atoms with Gasteiger partial charge in [-0.2, -0.15) is 0 Å². The van der Waals surface area contributed by atoms with E-state index in [9.17, 15) is 9.00 Å². The molecule has 1 aliphatic heterocycles. The van der Waals surface area contributed by atoms with Crippen molar-refractivity contribution >= 4 is 22.6 Å². The topological polar surface area (TPSA) is 70.7 Å². The Morgan fingerprint density at radius 1 is 1.00 bits per heavy atom. The second-order valence-electron chi connectivity index (χ2n) is 10.1. The molecule has 6 nitrogen and oxygen atoms in total. The number of rotatable bonds is 11. The Labute approximate surface area is 222 Å². The minimum Gasteiger partial charge on any atom is -0.489 e. The number of amides is 1. The standard InChI is InChI=1S/C30H35N3O3S/c1-37(35)32-26-13-8-12-25(20-26)30(15-16-30)29(34)31-28(21-33-17-5-6-18-33)24-11-7-14-27(19-24)36-22-23-9-3-2-4-10-23/h2-4,7-14,19-20,28,32H,5-6,15-18,21-22H2,1H3,(H,31,34). The smallest absolute Gasteiger partial charge is 0.231 e. The van der Waals surface area contributed by atoms with Crippen molar-refractivity contribution in [3.05, 3.63) is 95.6 Å². The monoisotopic (exact) mass is 517 g/mol. The Bertz CT molecular complexity index is 1240. The van der Waals surface area contributed by atoms with Crippen LogP contribution in [-0.2, 0) is 27.8 Å². The van der Waals surface area contributed by atoms with Crippen LogP contribution in [0, 0.1) is 0 Å². The predicted octanol–water partition coefficient (Wildman–Crippen LogP) is 4.96. The number of carbonyl (C=O) groups excluding carboxylic acids is 1. The molecular weight excluding hydrogens is 482 g/mol. The van der Waals surface area contributed by atoms with Crippen LogP contribution < -0.4 is 14.8 Å². The molecule has 2 unspecified atom stereocenters. The minimum absolute atomic E-state index is 0.0575. The van der Waals surface area contributed by atoms with Crippen molar-refractivity contribution < 1.29 is 13.7 Å². The second kappa shape index (κ2) is 11.5. The summed E-state index contributed by atoms with van der Waals surface area (Å²) in [4.78, 5) is 16.2. The molecule has 37 heavy (non-hydrogen) atoms. The number of likely N-dealkylation sites (tertiary alicyclic amines) is 1. The third kappa shape index (κ3) is 6.40. The number of anilines is 1. The summed E-state index contributed by atoms with van der Waals surface area (Å²) in [6, 6.07) is 25.9. The molecule has 1 heterocycles. The minimum atomic E-state index is -1.16. The first-order chi connectivity index (χ1) is 18.0. The molecule has 2 N–H and O–H groups in total. The second-order valence-corrected chi connectivity index (χ2v) is 11.2. The summed E-state index contributed by atoms with van der Waals surface area (Å²) in [6.45, 7) is 3.40. The van der Waals surface area contributed by atoms with Crippen molar-refractivity contribution in [1.29, 1.82) is 0 Å². The van der Waals surface area contributed by atoms with Gasteiger partial charge in [0.1, 0.15) is 23.3 Å². The molecule has 7 heteroatoms. The van der Waals surface area contributed by atoms with Crippen LogP contribution in [0.2, 0.25) is 0 Å². The van der Waals surface area contributed by atoms with Crippen LogP contribution in [0.5, 0.6) is 5.75 Å². The summed E-state index contributed by atoms with van der Waals surface area (Å²) in [5.74, 6) is 0.858. The molecule has 1 aliphatic carbocycles. The lowest BCUT2D eigenvalue weighted by Gasteiger charge is -2.27. The molecule has 1 saturated carbocycles. The molecule has 3 aromatic carbocycles. The van der Waals surface area contributed by atoms with E-state index in [0.717, 1.165) is 60.6 Å². The Balaban J connectivity index is 1.34. The van der Waals surface area contributed by atoms with Gasteiger partial charge in [-0.15, -0.1) is 0 Å². The first-order valence-electron chi connectivity index (χ1n) is 13.0. The molecule has 0 bridgehead atoms. The number of carbonyl (C=O) groups is 1. The largest absolute Gasteiger partial charge is 0.489 e. The molecule has 0 aromatic heterocycles. The fraction of sp³-hybridized carbons (Fsp3) is 0.367. The van der Waals surface area contributed by atoms with Crippen molar-refractivity contribution in [1.82, 2.24) is 10.2 Å². The molecule has 1 saturated heterocycles. The normalized spacial score (nSPS) is 18.1. The molecule has 194 valence electrons. The summed E-state index contributed by atoms with van der Waals surface area (Å²) < 4.78 is 20.7. The highest BCUT2D eigenvalue weighted by molar-refractivity contribution is 7.85. The van der Waals surface area contributed by atoms with Gasteiger partial charge in [0.2, 0.25) is 5.91 Å². The van der Waals surface area contributed by atoms with E-state index in [-0.39, 0.29) is 11.9 Å². The zero-order valence-corrected chi connectivity index (χ0v) is 22.1. The highest BCUT2D eigenvalue weighted by Crippen LogP contribution is 2.49.